The summed E-state index contributed by atoms with van der Waals surface area (Å²) in [5.74, 6) is -0.0299. The highest BCUT2D eigenvalue weighted by Gasteiger charge is 2.24. The SMILES string of the molecule is CCN1CCC1CCCCNC(=O)/C=C/c1cccnc1. The Labute approximate surface area is 127 Å². The highest BCUT2D eigenvalue weighted by molar-refractivity contribution is 5.91. The molecule has 1 aliphatic rings. The Bertz CT molecular complexity index is 456. The van der Waals surface area contributed by atoms with Crippen LogP contribution in [0.2, 0.25) is 0 Å². The molecule has 1 saturated heterocycles. The number of rotatable bonds is 8. The number of hydrogen-bond acceptors (Lipinski definition) is 3. The molecule has 0 aromatic carbocycles. The molecule has 0 spiro atoms. The van der Waals surface area contributed by atoms with Crippen LogP contribution in [0.4, 0.5) is 0 Å². The molecular weight excluding hydrogens is 262 g/mol. The lowest BCUT2D eigenvalue weighted by Gasteiger charge is -2.40. The average molecular weight is 287 g/mol. The third-order valence-corrected chi connectivity index (χ3v) is 4.05. The Kier molecular flexibility index (Phi) is 6.41. The van der Waals surface area contributed by atoms with Gasteiger partial charge in [-0.25, -0.2) is 0 Å². The van der Waals surface area contributed by atoms with E-state index in [9.17, 15) is 4.79 Å². The molecule has 0 saturated carbocycles. The lowest BCUT2D eigenvalue weighted by Crippen LogP contribution is -2.47. The number of amides is 1. The van der Waals surface area contributed by atoms with E-state index < -0.39 is 0 Å². The minimum atomic E-state index is -0.0299. The van der Waals surface area contributed by atoms with Gasteiger partial charge in [-0.3, -0.25) is 9.78 Å². The Morgan fingerprint density at radius 1 is 1.52 bits per heavy atom. The summed E-state index contributed by atoms with van der Waals surface area (Å²) in [5.41, 5.74) is 0.942. The van der Waals surface area contributed by atoms with Crippen molar-refractivity contribution in [1.29, 1.82) is 0 Å². The van der Waals surface area contributed by atoms with Crippen molar-refractivity contribution in [3.05, 3.63) is 36.2 Å². The van der Waals surface area contributed by atoms with Crippen LogP contribution in [0.5, 0.6) is 0 Å². The van der Waals surface area contributed by atoms with Gasteiger partial charge < -0.3 is 10.2 Å². The van der Waals surface area contributed by atoms with Gasteiger partial charge in [-0.15, -0.1) is 0 Å². The van der Waals surface area contributed by atoms with Crippen molar-refractivity contribution in [3.63, 3.8) is 0 Å². The lowest BCUT2D eigenvalue weighted by atomic mass is 9.97. The van der Waals surface area contributed by atoms with Crippen LogP contribution in [0.3, 0.4) is 0 Å². The molecule has 2 rings (SSSR count). The predicted octanol–water partition coefficient (Wildman–Crippen LogP) is 2.48. The van der Waals surface area contributed by atoms with Crippen LogP contribution in [0.1, 0.15) is 38.2 Å². The maximum Gasteiger partial charge on any atom is 0.243 e. The van der Waals surface area contributed by atoms with Gasteiger partial charge in [0.05, 0.1) is 0 Å². The van der Waals surface area contributed by atoms with Crippen molar-refractivity contribution in [2.75, 3.05) is 19.6 Å². The van der Waals surface area contributed by atoms with Crippen LogP contribution < -0.4 is 5.32 Å². The van der Waals surface area contributed by atoms with Crippen molar-refractivity contribution in [3.8, 4) is 0 Å². The molecule has 114 valence electrons. The summed E-state index contributed by atoms with van der Waals surface area (Å²) >= 11 is 0. The van der Waals surface area contributed by atoms with Gasteiger partial charge in [-0.05, 0) is 50.1 Å². The molecule has 1 N–H and O–H groups in total. The number of aromatic nitrogens is 1. The molecule has 1 fully saturated rings. The number of nitrogens with zero attached hydrogens (tertiary/aromatic N) is 2. The number of carbonyl (C=O) groups is 1. The van der Waals surface area contributed by atoms with E-state index in [0.29, 0.717) is 0 Å². The number of pyridine rings is 1. The number of carbonyl (C=O) groups excluding carboxylic acids is 1. The minimum absolute atomic E-state index is 0.0299. The standard InChI is InChI=1S/C17H25N3O/c1-2-20-13-10-16(20)7-3-4-12-19-17(21)9-8-15-6-5-11-18-14-15/h5-6,8-9,11,14,16H,2-4,7,10,12-13H2,1H3,(H,19,21)/b9-8+. The van der Waals surface area contributed by atoms with E-state index in [0.717, 1.165) is 24.6 Å². The van der Waals surface area contributed by atoms with E-state index in [1.807, 2.05) is 12.1 Å². The third-order valence-electron chi connectivity index (χ3n) is 4.05. The predicted molar refractivity (Wildman–Crippen MR) is 85.8 cm³/mol. The molecule has 1 aromatic heterocycles. The smallest absolute Gasteiger partial charge is 0.243 e. The van der Waals surface area contributed by atoms with Crippen molar-refractivity contribution in [2.24, 2.45) is 0 Å². The largest absolute Gasteiger partial charge is 0.353 e. The summed E-state index contributed by atoms with van der Waals surface area (Å²) in [6, 6.07) is 4.57. The number of nitrogens with one attached hydrogen (secondary N) is 1. The minimum Gasteiger partial charge on any atom is -0.353 e. The van der Waals surface area contributed by atoms with Crippen LogP contribution in [0, 0.1) is 0 Å². The fraction of sp³-hybridized carbons (Fsp3) is 0.529. The molecule has 1 amide bonds. The number of likely N-dealkylation sites (tertiary alicyclic amines) is 1. The summed E-state index contributed by atoms with van der Waals surface area (Å²) in [6.07, 6.45) is 11.7. The first-order chi connectivity index (χ1) is 10.3. The van der Waals surface area contributed by atoms with Gasteiger partial charge in [-0.1, -0.05) is 19.4 Å². The molecule has 4 nitrogen and oxygen atoms in total. The molecule has 4 heteroatoms. The molecule has 0 aliphatic carbocycles. The van der Waals surface area contributed by atoms with Gasteiger partial charge >= 0.3 is 0 Å². The van der Waals surface area contributed by atoms with Crippen LogP contribution >= 0.6 is 0 Å². The van der Waals surface area contributed by atoms with Gasteiger partial charge in [0.25, 0.3) is 0 Å². The second-order valence-electron chi connectivity index (χ2n) is 5.48. The fourth-order valence-corrected chi connectivity index (χ4v) is 2.66. The lowest BCUT2D eigenvalue weighted by molar-refractivity contribution is -0.116. The Morgan fingerprint density at radius 3 is 3.10 bits per heavy atom. The molecule has 1 aliphatic heterocycles. The fourth-order valence-electron chi connectivity index (χ4n) is 2.66. The Balaban J connectivity index is 1.54. The molecule has 1 atom stereocenters. The van der Waals surface area contributed by atoms with E-state index >= 15 is 0 Å². The maximum absolute atomic E-state index is 11.7. The first-order valence-electron chi connectivity index (χ1n) is 7.89. The summed E-state index contributed by atoms with van der Waals surface area (Å²) < 4.78 is 0. The van der Waals surface area contributed by atoms with Crippen LogP contribution in [-0.2, 0) is 4.79 Å². The summed E-state index contributed by atoms with van der Waals surface area (Å²) in [6.45, 7) is 5.41. The summed E-state index contributed by atoms with van der Waals surface area (Å²) in [4.78, 5) is 18.2. The van der Waals surface area contributed by atoms with E-state index in [1.54, 1.807) is 24.5 Å². The van der Waals surface area contributed by atoms with Gasteiger partial charge in [0.2, 0.25) is 5.91 Å². The molecule has 21 heavy (non-hydrogen) atoms. The zero-order valence-electron chi connectivity index (χ0n) is 12.8. The molecule has 1 unspecified atom stereocenters. The van der Waals surface area contributed by atoms with Crippen LogP contribution in [-0.4, -0.2) is 41.5 Å². The van der Waals surface area contributed by atoms with Crippen LogP contribution in [0.25, 0.3) is 6.08 Å². The van der Waals surface area contributed by atoms with Crippen LogP contribution in [0.15, 0.2) is 30.6 Å². The number of hydrogen-bond donors (Lipinski definition) is 1. The topological polar surface area (TPSA) is 45.2 Å². The van der Waals surface area contributed by atoms with Crippen molar-refractivity contribution in [1.82, 2.24) is 15.2 Å². The van der Waals surface area contributed by atoms with Gasteiger partial charge in [-0.2, -0.15) is 0 Å². The molecule has 2 heterocycles. The second kappa shape index (κ2) is 8.57. The first-order valence-corrected chi connectivity index (χ1v) is 7.89. The van der Waals surface area contributed by atoms with Crippen molar-refractivity contribution >= 4 is 12.0 Å². The van der Waals surface area contributed by atoms with E-state index in [1.165, 1.54) is 32.4 Å². The van der Waals surface area contributed by atoms with Gasteiger partial charge in [0.1, 0.15) is 0 Å². The monoisotopic (exact) mass is 287 g/mol. The first kappa shape index (κ1) is 15.7. The zero-order chi connectivity index (χ0) is 14.9. The molecule has 0 bridgehead atoms. The Hall–Kier alpha value is -1.68. The van der Waals surface area contributed by atoms with E-state index in [4.69, 9.17) is 0 Å². The van der Waals surface area contributed by atoms with Gasteiger partial charge in [0, 0.05) is 31.1 Å². The van der Waals surface area contributed by atoms with E-state index in [2.05, 4.69) is 22.1 Å². The van der Waals surface area contributed by atoms with Crippen molar-refractivity contribution < 1.29 is 4.79 Å². The summed E-state index contributed by atoms with van der Waals surface area (Å²) in [5, 5.41) is 2.93. The van der Waals surface area contributed by atoms with E-state index in [-0.39, 0.29) is 5.91 Å². The highest BCUT2D eigenvalue weighted by Crippen LogP contribution is 2.21. The average Bonchev–Trinajstić information content (AvgIpc) is 2.49. The molecular formula is C17H25N3O. The highest BCUT2D eigenvalue weighted by atomic mass is 16.1. The quantitative estimate of drug-likeness (QED) is 0.590. The zero-order valence-corrected chi connectivity index (χ0v) is 12.8. The Morgan fingerprint density at radius 2 is 2.43 bits per heavy atom. The third kappa shape index (κ3) is 5.31. The van der Waals surface area contributed by atoms with Crippen molar-refractivity contribution in [2.45, 2.75) is 38.6 Å². The molecule has 1 aromatic rings. The summed E-state index contributed by atoms with van der Waals surface area (Å²) in [7, 11) is 0. The molecule has 0 radical (unpaired) electrons. The number of unbranched alkanes of at least 4 members (excludes halogenated alkanes) is 1. The maximum atomic E-state index is 11.7. The second-order valence-corrected chi connectivity index (χ2v) is 5.48. The van der Waals surface area contributed by atoms with Gasteiger partial charge in [0.15, 0.2) is 0 Å². The normalized spacial score (nSPS) is 18.6.